The average Bonchev–Trinajstić information content (AvgIpc) is 3.06. The van der Waals surface area contributed by atoms with Crippen LogP contribution < -0.4 is 5.73 Å². The molecule has 0 aromatic carbocycles. The van der Waals surface area contributed by atoms with E-state index in [9.17, 15) is 0 Å². The molecular formula is C14H23BrN2S. The topological polar surface area (TPSA) is 29.3 Å². The van der Waals surface area contributed by atoms with Crippen LogP contribution in [0.25, 0.3) is 0 Å². The Balaban J connectivity index is 2.19. The largest absolute Gasteiger partial charge is 0.329 e. The van der Waals surface area contributed by atoms with Crippen molar-refractivity contribution in [3.05, 3.63) is 20.3 Å². The smallest absolute Gasteiger partial charge is 0.0567 e. The van der Waals surface area contributed by atoms with Crippen molar-refractivity contribution in [3.8, 4) is 0 Å². The summed E-state index contributed by atoms with van der Waals surface area (Å²) >= 11 is 5.50. The van der Waals surface area contributed by atoms with E-state index >= 15 is 0 Å². The number of hydrogen-bond donors (Lipinski definition) is 1. The van der Waals surface area contributed by atoms with Gasteiger partial charge in [-0.3, -0.25) is 4.90 Å². The van der Waals surface area contributed by atoms with Gasteiger partial charge in [0.2, 0.25) is 0 Å². The Kier molecular flexibility index (Phi) is 4.86. The highest BCUT2D eigenvalue weighted by atomic mass is 79.9. The van der Waals surface area contributed by atoms with E-state index in [0.29, 0.717) is 12.0 Å². The predicted molar refractivity (Wildman–Crippen MR) is 83.1 cm³/mol. The lowest BCUT2D eigenvalue weighted by Gasteiger charge is -2.31. The SMILES string of the molecule is Cc1sc(C(CN)N(CC(C)C)C2CC2)cc1Br. The summed E-state index contributed by atoms with van der Waals surface area (Å²) in [6.45, 7) is 8.61. The first kappa shape index (κ1) is 14.5. The maximum atomic E-state index is 6.06. The Hall–Kier alpha value is 0.100. The highest BCUT2D eigenvalue weighted by molar-refractivity contribution is 9.10. The molecule has 0 saturated heterocycles. The summed E-state index contributed by atoms with van der Waals surface area (Å²) in [5.74, 6) is 0.698. The number of thiophene rings is 1. The lowest BCUT2D eigenvalue weighted by Crippen LogP contribution is -2.37. The molecule has 0 bridgehead atoms. The summed E-state index contributed by atoms with van der Waals surface area (Å²) in [4.78, 5) is 5.39. The Morgan fingerprint density at radius 1 is 1.50 bits per heavy atom. The first-order valence-corrected chi connectivity index (χ1v) is 8.35. The van der Waals surface area contributed by atoms with Crippen molar-refractivity contribution in [2.75, 3.05) is 13.1 Å². The van der Waals surface area contributed by atoms with Crippen molar-refractivity contribution in [1.29, 1.82) is 0 Å². The Labute approximate surface area is 123 Å². The molecule has 2 rings (SSSR count). The summed E-state index contributed by atoms with van der Waals surface area (Å²) in [5, 5.41) is 0. The molecule has 2 N–H and O–H groups in total. The van der Waals surface area contributed by atoms with Crippen LogP contribution in [0.1, 0.15) is 42.5 Å². The molecule has 0 aliphatic heterocycles. The minimum Gasteiger partial charge on any atom is -0.329 e. The lowest BCUT2D eigenvalue weighted by molar-refractivity contribution is 0.172. The fourth-order valence-electron chi connectivity index (χ4n) is 2.42. The molecule has 102 valence electrons. The van der Waals surface area contributed by atoms with Gasteiger partial charge in [-0.2, -0.15) is 0 Å². The van der Waals surface area contributed by atoms with Crippen LogP contribution in [0.3, 0.4) is 0 Å². The molecule has 1 atom stereocenters. The van der Waals surface area contributed by atoms with Crippen molar-refractivity contribution in [1.82, 2.24) is 4.90 Å². The third-order valence-corrected chi connectivity index (χ3v) is 5.66. The van der Waals surface area contributed by atoms with Gasteiger partial charge >= 0.3 is 0 Å². The Morgan fingerprint density at radius 2 is 2.17 bits per heavy atom. The van der Waals surface area contributed by atoms with Crippen molar-refractivity contribution in [3.63, 3.8) is 0 Å². The third kappa shape index (κ3) is 3.35. The van der Waals surface area contributed by atoms with Gasteiger partial charge in [-0.25, -0.2) is 0 Å². The van der Waals surface area contributed by atoms with Crippen molar-refractivity contribution < 1.29 is 0 Å². The van der Waals surface area contributed by atoms with Crippen LogP contribution in [-0.4, -0.2) is 24.0 Å². The van der Waals surface area contributed by atoms with Crippen LogP contribution in [0.15, 0.2) is 10.5 Å². The second kappa shape index (κ2) is 6.04. The maximum Gasteiger partial charge on any atom is 0.0567 e. The van der Waals surface area contributed by atoms with Crippen molar-refractivity contribution in [2.45, 2.75) is 45.7 Å². The fraction of sp³-hybridized carbons (Fsp3) is 0.714. The monoisotopic (exact) mass is 330 g/mol. The highest BCUT2D eigenvalue weighted by Crippen LogP contribution is 2.38. The molecule has 4 heteroatoms. The first-order valence-electron chi connectivity index (χ1n) is 6.74. The number of rotatable bonds is 6. The van der Waals surface area contributed by atoms with Crippen LogP contribution in [0.5, 0.6) is 0 Å². The average molecular weight is 331 g/mol. The van der Waals surface area contributed by atoms with Crippen LogP contribution in [0.4, 0.5) is 0 Å². The van der Waals surface area contributed by atoms with Gasteiger partial charge in [-0.1, -0.05) is 13.8 Å². The van der Waals surface area contributed by atoms with Gasteiger partial charge in [-0.05, 0) is 47.7 Å². The Bertz CT molecular complexity index is 379. The molecule has 1 aromatic heterocycles. The van der Waals surface area contributed by atoms with Crippen LogP contribution in [-0.2, 0) is 0 Å². The van der Waals surface area contributed by atoms with Gasteiger partial charge < -0.3 is 5.73 Å². The molecule has 1 aromatic rings. The summed E-state index contributed by atoms with van der Waals surface area (Å²) < 4.78 is 1.22. The van der Waals surface area contributed by atoms with E-state index < -0.39 is 0 Å². The molecule has 0 spiro atoms. The van der Waals surface area contributed by atoms with Gasteiger partial charge in [0.1, 0.15) is 0 Å². The molecule has 1 unspecified atom stereocenters. The first-order chi connectivity index (χ1) is 8.52. The quantitative estimate of drug-likeness (QED) is 0.855. The maximum absolute atomic E-state index is 6.06. The van der Waals surface area contributed by atoms with Crippen LogP contribution >= 0.6 is 27.3 Å². The Morgan fingerprint density at radius 3 is 2.56 bits per heavy atom. The molecule has 18 heavy (non-hydrogen) atoms. The second-order valence-corrected chi connectivity index (χ2v) is 7.77. The van der Waals surface area contributed by atoms with E-state index in [2.05, 4.69) is 47.7 Å². The fourth-order valence-corrected chi connectivity index (χ4v) is 4.11. The molecule has 1 aliphatic rings. The van der Waals surface area contributed by atoms with Crippen molar-refractivity contribution in [2.24, 2.45) is 11.7 Å². The van der Waals surface area contributed by atoms with Gasteiger partial charge in [0.05, 0.1) is 6.04 Å². The molecule has 0 amide bonds. The summed E-state index contributed by atoms with van der Waals surface area (Å²) in [6, 6.07) is 3.42. The van der Waals surface area contributed by atoms with Gasteiger partial charge in [0.25, 0.3) is 0 Å². The normalized spacial score (nSPS) is 17.7. The van der Waals surface area contributed by atoms with E-state index in [1.54, 1.807) is 0 Å². The van der Waals surface area contributed by atoms with E-state index in [0.717, 1.165) is 19.1 Å². The second-order valence-electron chi connectivity index (χ2n) is 5.63. The molecule has 0 radical (unpaired) electrons. The van der Waals surface area contributed by atoms with E-state index in [-0.39, 0.29) is 0 Å². The molecule has 2 nitrogen and oxygen atoms in total. The molecule has 1 saturated carbocycles. The predicted octanol–water partition coefficient (Wildman–Crippen LogP) is 3.94. The third-order valence-electron chi connectivity index (χ3n) is 3.42. The van der Waals surface area contributed by atoms with Gasteiger partial charge in [-0.15, -0.1) is 11.3 Å². The van der Waals surface area contributed by atoms with Crippen molar-refractivity contribution >= 4 is 27.3 Å². The highest BCUT2D eigenvalue weighted by Gasteiger charge is 2.35. The number of aryl methyl sites for hydroxylation is 1. The van der Waals surface area contributed by atoms with Crippen LogP contribution in [0.2, 0.25) is 0 Å². The minimum absolute atomic E-state index is 0.398. The lowest BCUT2D eigenvalue weighted by atomic mass is 10.1. The zero-order valence-electron chi connectivity index (χ0n) is 11.4. The van der Waals surface area contributed by atoms with Gasteiger partial charge in [0.15, 0.2) is 0 Å². The zero-order valence-corrected chi connectivity index (χ0v) is 13.9. The van der Waals surface area contributed by atoms with Gasteiger partial charge in [0, 0.05) is 33.4 Å². The number of nitrogens with two attached hydrogens (primary N) is 1. The molecule has 1 fully saturated rings. The number of halogens is 1. The summed E-state index contributed by atoms with van der Waals surface area (Å²) in [6.07, 6.45) is 2.68. The standard InChI is InChI=1S/C14H23BrN2S/c1-9(2)8-17(11-4-5-11)13(7-16)14-6-12(15)10(3)18-14/h6,9,11,13H,4-5,7-8,16H2,1-3H3. The molecule has 1 aliphatic carbocycles. The molecule has 1 heterocycles. The molecular weight excluding hydrogens is 308 g/mol. The summed E-state index contributed by atoms with van der Waals surface area (Å²) in [5.41, 5.74) is 6.06. The number of nitrogens with zero attached hydrogens (tertiary/aromatic N) is 1. The van der Waals surface area contributed by atoms with E-state index in [1.165, 1.54) is 27.1 Å². The summed E-state index contributed by atoms with van der Waals surface area (Å²) in [7, 11) is 0. The zero-order chi connectivity index (χ0) is 13.3. The van der Waals surface area contributed by atoms with Crippen LogP contribution in [0, 0.1) is 12.8 Å². The number of hydrogen-bond acceptors (Lipinski definition) is 3. The van der Waals surface area contributed by atoms with E-state index in [4.69, 9.17) is 5.73 Å². The minimum atomic E-state index is 0.398. The van der Waals surface area contributed by atoms with E-state index in [1.807, 2.05) is 11.3 Å².